The van der Waals surface area contributed by atoms with E-state index in [9.17, 15) is 0 Å². The van der Waals surface area contributed by atoms with E-state index in [1.54, 1.807) is 0 Å². The van der Waals surface area contributed by atoms with Crippen molar-refractivity contribution in [1.29, 1.82) is 0 Å². The van der Waals surface area contributed by atoms with Crippen LogP contribution in [0.5, 0.6) is 0 Å². The maximum Gasteiger partial charge on any atom is 0.191 e. The third-order valence-electron chi connectivity index (χ3n) is 3.57. The standard InChI is InChI=1S/C13H30O2Si/c1-13(2,3)16(4,5)15-12-10-8-6-7-9-11-14/h14H,6-12H2,1-5H3. The van der Waals surface area contributed by atoms with E-state index in [2.05, 4.69) is 33.9 Å². The van der Waals surface area contributed by atoms with Crippen LogP contribution in [0.2, 0.25) is 18.1 Å². The van der Waals surface area contributed by atoms with Crippen LogP contribution in [0.3, 0.4) is 0 Å². The summed E-state index contributed by atoms with van der Waals surface area (Å²) in [4.78, 5) is 0. The molecule has 0 spiro atoms. The third kappa shape index (κ3) is 6.66. The van der Waals surface area contributed by atoms with Crippen LogP contribution in [0.4, 0.5) is 0 Å². The Morgan fingerprint density at radius 1 is 0.938 bits per heavy atom. The Labute approximate surface area is 103 Å². The Kier molecular flexibility index (Phi) is 7.52. The molecule has 0 unspecified atom stereocenters. The van der Waals surface area contributed by atoms with Gasteiger partial charge in [0.05, 0.1) is 0 Å². The van der Waals surface area contributed by atoms with Gasteiger partial charge in [-0.25, -0.2) is 0 Å². The number of rotatable bonds is 8. The van der Waals surface area contributed by atoms with E-state index < -0.39 is 8.32 Å². The maximum atomic E-state index is 8.65. The lowest BCUT2D eigenvalue weighted by atomic mass is 10.2. The number of unbranched alkanes of at least 4 members (excludes halogenated alkanes) is 4. The summed E-state index contributed by atoms with van der Waals surface area (Å²) >= 11 is 0. The molecule has 0 aromatic rings. The van der Waals surface area contributed by atoms with Crippen LogP contribution in [0.15, 0.2) is 0 Å². The lowest BCUT2D eigenvalue weighted by Gasteiger charge is -2.36. The van der Waals surface area contributed by atoms with Crippen LogP contribution in [0.25, 0.3) is 0 Å². The molecular formula is C13H30O2Si. The Bertz CT molecular complexity index is 173. The maximum absolute atomic E-state index is 8.65. The highest BCUT2D eigenvalue weighted by molar-refractivity contribution is 6.74. The predicted molar refractivity (Wildman–Crippen MR) is 73.3 cm³/mol. The molecule has 2 nitrogen and oxygen atoms in total. The Hall–Kier alpha value is 0.137. The minimum atomic E-state index is -1.52. The minimum Gasteiger partial charge on any atom is -0.417 e. The second kappa shape index (κ2) is 7.46. The predicted octanol–water partition coefficient (Wildman–Crippen LogP) is 3.95. The molecule has 0 heterocycles. The van der Waals surface area contributed by atoms with Crippen molar-refractivity contribution in [2.75, 3.05) is 13.2 Å². The summed E-state index contributed by atoms with van der Waals surface area (Å²) in [5.41, 5.74) is 0. The molecule has 0 rings (SSSR count). The van der Waals surface area contributed by atoms with Crippen LogP contribution in [0.1, 0.15) is 52.9 Å². The van der Waals surface area contributed by atoms with Gasteiger partial charge in [-0.05, 0) is 31.0 Å². The molecule has 0 aliphatic rings. The second-order valence-corrected chi connectivity index (χ2v) is 10.9. The van der Waals surface area contributed by atoms with E-state index in [1.807, 2.05) is 0 Å². The average Bonchev–Trinajstić information content (AvgIpc) is 2.14. The highest BCUT2D eigenvalue weighted by atomic mass is 28.4. The van der Waals surface area contributed by atoms with Gasteiger partial charge in [-0.2, -0.15) is 0 Å². The largest absolute Gasteiger partial charge is 0.417 e. The first-order valence-corrected chi connectivity index (χ1v) is 9.47. The minimum absolute atomic E-state index is 0.323. The number of aliphatic hydroxyl groups excluding tert-OH is 1. The van der Waals surface area contributed by atoms with Crippen molar-refractivity contribution in [3.8, 4) is 0 Å². The molecule has 0 fully saturated rings. The summed E-state index contributed by atoms with van der Waals surface area (Å²) in [7, 11) is -1.52. The number of hydrogen-bond donors (Lipinski definition) is 1. The van der Waals surface area contributed by atoms with E-state index >= 15 is 0 Å². The monoisotopic (exact) mass is 246 g/mol. The molecule has 1 N–H and O–H groups in total. The van der Waals surface area contributed by atoms with Gasteiger partial charge in [0.1, 0.15) is 0 Å². The van der Waals surface area contributed by atoms with Crippen LogP contribution in [0, 0.1) is 0 Å². The number of aliphatic hydroxyl groups is 1. The molecule has 3 heteroatoms. The normalized spacial score (nSPS) is 13.1. The molecule has 0 atom stereocenters. The zero-order chi connectivity index (χ0) is 12.7. The van der Waals surface area contributed by atoms with Crippen molar-refractivity contribution in [1.82, 2.24) is 0 Å². The van der Waals surface area contributed by atoms with Gasteiger partial charge in [0.15, 0.2) is 8.32 Å². The van der Waals surface area contributed by atoms with Gasteiger partial charge in [-0.15, -0.1) is 0 Å². The van der Waals surface area contributed by atoms with Crippen molar-refractivity contribution in [3.05, 3.63) is 0 Å². The van der Waals surface area contributed by atoms with Crippen LogP contribution < -0.4 is 0 Å². The number of hydrogen-bond acceptors (Lipinski definition) is 2. The van der Waals surface area contributed by atoms with Crippen LogP contribution >= 0.6 is 0 Å². The summed E-state index contributed by atoms with van der Waals surface area (Å²) in [6.07, 6.45) is 5.72. The van der Waals surface area contributed by atoms with Gasteiger partial charge in [0, 0.05) is 13.2 Å². The van der Waals surface area contributed by atoms with Gasteiger partial charge < -0.3 is 9.53 Å². The zero-order valence-corrected chi connectivity index (χ0v) is 12.8. The summed E-state index contributed by atoms with van der Waals surface area (Å²) in [6.45, 7) is 12.7. The van der Waals surface area contributed by atoms with E-state index in [-0.39, 0.29) is 0 Å². The third-order valence-corrected chi connectivity index (χ3v) is 8.11. The summed E-state index contributed by atoms with van der Waals surface area (Å²) < 4.78 is 6.09. The summed E-state index contributed by atoms with van der Waals surface area (Å²) in [6, 6.07) is 0. The van der Waals surface area contributed by atoms with Crippen molar-refractivity contribution in [2.24, 2.45) is 0 Å². The van der Waals surface area contributed by atoms with Gasteiger partial charge in [-0.1, -0.05) is 40.0 Å². The van der Waals surface area contributed by atoms with E-state index in [0.29, 0.717) is 11.6 Å². The van der Waals surface area contributed by atoms with Crippen molar-refractivity contribution >= 4 is 8.32 Å². The molecule has 0 amide bonds. The fourth-order valence-electron chi connectivity index (χ4n) is 1.29. The molecule has 0 aromatic carbocycles. The first kappa shape index (κ1) is 16.1. The Morgan fingerprint density at radius 2 is 1.44 bits per heavy atom. The highest BCUT2D eigenvalue weighted by Crippen LogP contribution is 2.36. The van der Waals surface area contributed by atoms with Gasteiger partial charge in [0.25, 0.3) is 0 Å². The van der Waals surface area contributed by atoms with E-state index in [1.165, 1.54) is 12.8 Å². The molecule has 0 aliphatic carbocycles. The fraction of sp³-hybridized carbons (Fsp3) is 1.00. The molecule has 0 radical (unpaired) electrons. The first-order chi connectivity index (χ1) is 7.31. The van der Waals surface area contributed by atoms with E-state index in [0.717, 1.165) is 25.9 Å². The molecule has 0 bridgehead atoms. The van der Waals surface area contributed by atoms with Crippen LogP contribution in [-0.4, -0.2) is 26.6 Å². The Morgan fingerprint density at radius 3 is 1.94 bits per heavy atom. The van der Waals surface area contributed by atoms with Gasteiger partial charge in [0.2, 0.25) is 0 Å². The summed E-state index contributed by atoms with van der Waals surface area (Å²) in [5.74, 6) is 0. The lowest BCUT2D eigenvalue weighted by molar-refractivity contribution is 0.269. The van der Waals surface area contributed by atoms with E-state index in [4.69, 9.17) is 9.53 Å². The second-order valence-electron chi connectivity index (χ2n) is 6.10. The topological polar surface area (TPSA) is 29.5 Å². The lowest BCUT2D eigenvalue weighted by Crippen LogP contribution is -2.40. The molecule has 16 heavy (non-hydrogen) atoms. The average molecular weight is 246 g/mol. The molecule has 0 aromatic heterocycles. The molecule has 0 saturated carbocycles. The quantitative estimate of drug-likeness (QED) is 0.519. The molecular weight excluding hydrogens is 216 g/mol. The molecule has 0 aliphatic heterocycles. The summed E-state index contributed by atoms with van der Waals surface area (Å²) in [5, 5.41) is 8.97. The van der Waals surface area contributed by atoms with Gasteiger partial charge >= 0.3 is 0 Å². The fourth-order valence-corrected chi connectivity index (χ4v) is 2.38. The van der Waals surface area contributed by atoms with Crippen LogP contribution in [-0.2, 0) is 4.43 Å². The Balaban J connectivity index is 3.51. The van der Waals surface area contributed by atoms with Crippen molar-refractivity contribution < 1.29 is 9.53 Å². The van der Waals surface area contributed by atoms with Crippen molar-refractivity contribution in [3.63, 3.8) is 0 Å². The van der Waals surface area contributed by atoms with Gasteiger partial charge in [-0.3, -0.25) is 0 Å². The zero-order valence-electron chi connectivity index (χ0n) is 11.8. The SMILES string of the molecule is CC(C)(C)[Si](C)(C)OCCCCCCCO. The van der Waals surface area contributed by atoms with Crippen molar-refractivity contribution in [2.45, 2.75) is 71.0 Å². The molecule has 98 valence electrons. The first-order valence-electron chi connectivity index (χ1n) is 6.56. The molecule has 0 saturated heterocycles. The highest BCUT2D eigenvalue weighted by Gasteiger charge is 2.36. The smallest absolute Gasteiger partial charge is 0.191 e.